The number of aryl methyl sites for hydroxylation is 1. The van der Waals surface area contributed by atoms with Gasteiger partial charge in [0.1, 0.15) is 10.7 Å². The predicted octanol–water partition coefficient (Wildman–Crippen LogP) is 3.28. The van der Waals surface area contributed by atoms with Crippen molar-refractivity contribution in [1.82, 2.24) is 0 Å². The Balaban J connectivity index is 2.41. The summed E-state index contributed by atoms with van der Waals surface area (Å²) in [5.41, 5.74) is 6.60. The summed E-state index contributed by atoms with van der Waals surface area (Å²) in [6.07, 6.45) is 0. The Labute approximate surface area is 125 Å². The first kappa shape index (κ1) is 14.8. The Morgan fingerprint density at radius 3 is 2.50 bits per heavy atom. The monoisotopic (exact) mass is 358 g/mol. The molecule has 0 aliphatic rings. The number of hydrogen-bond acceptors (Lipinski definition) is 3. The van der Waals surface area contributed by atoms with Crippen LogP contribution in [0.2, 0.25) is 0 Å². The molecule has 0 unspecified atom stereocenters. The molecule has 0 bridgehead atoms. The van der Waals surface area contributed by atoms with E-state index in [4.69, 9.17) is 5.73 Å². The Bertz CT molecular complexity index is 763. The van der Waals surface area contributed by atoms with Crippen molar-refractivity contribution in [3.63, 3.8) is 0 Å². The standard InChI is InChI=1S/C13H12BrFN2O2S/c1-8-2-4-12(11(15)6-8)17-20(18,19)13-5-3-9(16)7-10(13)14/h2-7,17H,16H2,1H3. The van der Waals surface area contributed by atoms with Gasteiger partial charge in [0.05, 0.1) is 5.69 Å². The van der Waals surface area contributed by atoms with Crippen LogP contribution in [0.5, 0.6) is 0 Å². The zero-order valence-corrected chi connectivity index (χ0v) is 12.9. The van der Waals surface area contributed by atoms with Gasteiger partial charge in [-0.3, -0.25) is 4.72 Å². The molecule has 0 aliphatic heterocycles. The van der Waals surface area contributed by atoms with Gasteiger partial charge >= 0.3 is 0 Å². The summed E-state index contributed by atoms with van der Waals surface area (Å²) in [4.78, 5) is -0.00771. The van der Waals surface area contributed by atoms with E-state index >= 15 is 0 Å². The molecule has 0 saturated heterocycles. The molecule has 0 aromatic heterocycles. The Morgan fingerprint density at radius 2 is 1.90 bits per heavy atom. The quantitative estimate of drug-likeness (QED) is 0.827. The van der Waals surface area contributed by atoms with Gasteiger partial charge in [-0.15, -0.1) is 0 Å². The maximum Gasteiger partial charge on any atom is 0.263 e. The second kappa shape index (κ2) is 5.41. The van der Waals surface area contributed by atoms with Crippen LogP contribution in [-0.2, 0) is 10.0 Å². The van der Waals surface area contributed by atoms with Crippen LogP contribution in [0.3, 0.4) is 0 Å². The number of sulfonamides is 1. The maximum atomic E-state index is 13.7. The maximum absolute atomic E-state index is 13.7. The largest absolute Gasteiger partial charge is 0.399 e. The first-order chi connectivity index (χ1) is 9.29. The highest BCUT2D eigenvalue weighted by Crippen LogP contribution is 2.27. The predicted molar refractivity (Wildman–Crippen MR) is 80.5 cm³/mol. The minimum atomic E-state index is -3.89. The molecule has 0 heterocycles. The fourth-order valence-corrected chi connectivity index (χ4v) is 3.80. The topological polar surface area (TPSA) is 72.2 Å². The lowest BCUT2D eigenvalue weighted by Crippen LogP contribution is -2.14. The molecule has 2 aromatic carbocycles. The van der Waals surface area contributed by atoms with Crippen LogP contribution in [0.4, 0.5) is 15.8 Å². The molecule has 2 aromatic rings. The van der Waals surface area contributed by atoms with E-state index in [9.17, 15) is 12.8 Å². The summed E-state index contributed by atoms with van der Waals surface area (Å²) >= 11 is 3.13. The first-order valence-corrected chi connectivity index (χ1v) is 7.91. The van der Waals surface area contributed by atoms with Gasteiger partial charge in [-0.25, -0.2) is 12.8 Å². The molecule has 0 atom stereocenters. The molecular formula is C13H12BrFN2O2S. The van der Waals surface area contributed by atoms with E-state index in [1.807, 2.05) is 0 Å². The zero-order chi connectivity index (χ0) is 14.9. The van der Waals surface area contributed by atoms with Gasteiger partial charge in [0.25, 0.3) is 10.0 Å². The van der Waals surface area contributed by atoms with E-state index in [2.05, 4.69) is 20.7 Å². The normalized spacial score (nSPS) is 11.3. The smallest absolute Gasteiger partial charge is 0.263 e. The van der Waals surface area contributed by atoms with Gasteiger partial charge < -0.3 is 5.73 Å². The summed E-state index contributed by atoms with van der Waals surface area (Å²) in [5, 5.41) is 0. The van der Waals surface area contributed by atoms with Crippen molar-refractivity contribution in [3.8, 4) is 0 Å². The minimum absolute atomic E-state index is 0.00771. The molecule has 4 nitrogen and oxygen atoms in total. The number of nitrogens with one attached hydrogen (secondary N) is 1. The molecule has 0 saturated carbocycles. The van der Waals surface area contributed by atoms with E-state index in [1.165, 1.54) is 30.3 Å². The van der Waals surface area contributed by atoms with Crippen LogP contribution in [-0.4, -0.2) is 8.42 Å². The molecule has 0 spiro atoms. The summed E-state index contributed by atoms with van der Waals surface area (Å²) in [5.74, 6) is -0.625. The Hall–Kier alpha value is -1.60. The van der Waals surface area contributed by atoms with Crippen molar-refractivity contribution in [3.05, 3.63) is 52.3 Å². The van der Waals surface area contributed by atoms with Gasteiger partial charge in [0, 0.05) is 10.2 Å². The van der Waals surface area contributed by atoms with Gasteiger partial charge in [0.2, 0.25) is 0 Å². The summed E-state index contributed by atoms with van der Waals surface area (Å²) in [7, 11) is -3.89. The van der Waals surface area contributed by atoms with Crippen LogP contribution in [0.15, 0.2) is 45.8 Å². The van der Waals surface area contributed by atoms with Crippen molar-refractivity contribution < 1.29 is 12.8 Å². The van der Waals surface area contributed by atoms with Crippen LogP contribution >= 0.6 is 15.9 Å². The lowest BCUT2D eigenvalue weighted by atomic mass is 10.2. The molecule has 7 heteroatoms. The molecule has 106 valence electrons. The van der Waals surface area contributed by atoms with E-state index < -0.39 is 15.8 Å². The van der Waals surface area contributed by atoms with Crippen molar-refractivity contribution in [2.75, 3.05) is 10.5 Å². The third-order valence-corrected chi connectivity index (χ3v) is 4.96. The zero-order valence-electron chi connectivity index (χ0n) is 10.5. The highest BCUT2D eigenvalue weighted by Gasteiger charge is 2.19. The first-order valence-electron chi connectivity index (χ1n) is 5.63. The molecule has 0 amide bonds. The number of anilines is 2. The van der Waals surface area contributed by atoms with Gasteiger partial charge in [-0.2, -0.15) is 0 Å². The molecule has 3 N–H and O–H groups in total. The van der Waals surface area contributed by atoms with Crippen molar-refractivity contribution >= 4 is 37.3 Å². The fourth-order valence-electron chi connectivity index (χ4n) is 1.64. The summed E-state index contributed by atoms with van der Waals surface area (Å²) < 4.78 is 40.7. The number of benzene rings is 2. The Morgan fingerprint density at radius 1 is 1.20 bits per heavy atom. The van der Waals surface area contributed by atoms with Gasteiger partial charge in [-0.05, 0) is 58.7 Å². The van der Waals surface area contributed by atoms with Gasteiger partial charge in [0.15, 0.2) is 0 Å². The van der Waals surface area contributed by atoms with E-state index in [-0.39, 0.29) is 10.6 Å². The molecule has 0 aliphatic carbocycles. The Kier molecular flexibility index (Phi) is 4.01. The van der Waals surface area contributed by atoms with Crippen molar-refractivity contribution in [2.45, 2.75) is 11.8 Å². The number of halogens is 2. The summed E-state index contributed by atoms with van der Waals surface area (Å²) in [6.45, 7) is 1.72. The minimum Gasteiger partial charge on any atom is -0.399 e. The fraction of sp³-hybridized carbons (Fsp3) is 0.0769. The van der Waals surface area contributed by atoms with E-state index in [0.717, 1.165) is 0 Å². The number of rotatable bonds is 3. The lowest BCUT2D eigenvalue weighted by Gasteiger charge is -2.11. The second-order valence-corrected chi connectivity index (χ2v) is 6.78. The SMILES string of the molecule is Cc1ccc(NS(=O)(=O)c2ccc(N)cc2Br)c(F)c1. The number of nitrogens with two attached hydrogens (primary N) is 1. The number of hydrogen-bond donors (Lipinski definition) is 2. The van der Waals surface area contributed by atoms with E-state index in [0.29, 0.717) is 15.7 Å². The highest BCUT2D eigenvalue weighted by atomic mass is 79.9. The van der Waals surface area contributed by atoms with Crippen molar-refractivity contribution in [1.29, 1.82) is 0 Å². The molecule has 2 rings (SSSR count). The van der Waals surface area contributed by atoms with Crippen molar-refractivity contribution in [2.24, 2.45) is 0 Å². The van der Waals surface area contributed by atoms with Crippen LogP contribution in [0, 0.1) is 12.7 Å². The molecular weight excluding hydrogens is 347 g/mol. The van der Waals surface area contributed by atoms with Gasteiger partial charge in [-0.1, -0.05) is 6.07 Å². The average Bonchev–Trinajstić information content (AvgIpc) is 2.32. The van der Waals surface area contributed by atoms with Crippen LogP contribution < -0.4 is 10.5 Å². The molecule has 0 fully saturated rings. The molecule has 20 heavy (non-hydrogen) atoms. The highest BCUT2D eigenvalue weighted by molar-refractivity contribution is 9.10. The third-order valence-electron chi connectivity index (χ3n) is 2.61. The molecule has 0 radical (unpaired) electrons. The number of nitrogen functional groups attached to an aromatic ring is 1. The van der Waals surface area contributed by atoms with Crippen LogP contribution in [0.1, 0.15) is 5.56 Å². The van der Waals surface area contributed by atoms with Crippen LogP contribution in [0.25, 0.3) is 0 Å². The summed E-state index contributed by atoms with van der Waals surface area (Å²) in [6, 6.07) is 8.56. The lowest BCUT2D eigenvalue weighted by molar-refractivity contribution is 0.598. The second-order valence-electron chi connectivity index (χ2n) is 4.28. The third kappa shape index (κ3) is 3.10. The average molecular weight is 359 g/mol. The van der Waals surface area contributed by atoms with E-state index in [1.54, 1.807) is 13.0 Å².